The number of likely N-dealkylation sites (N-methyl/N-ethyl adjacent to an activating group) is 1. The minimum atomic E-state index is -0.284. The van der Waals surface area contributed by atoms with Gasteiger partial charge in [-0.25, -0.2) is 0 Å². The molecular formula is C17H20N4O4. The molecule has 8 heteroatoms. The topological polar surface area (TPSA) is 97.6 Å². The molecule has 0 radical (unpaired) electrons. The highest BCUT2D eigenvalue weighted by molar-refractivity contribution is 5.85. The van der Waals surface area contributed by atoms with E-state index in [0.717, 1.165) is 18.4 Å². The van der Waals surface area contributed by atoms with Gasteiger partial charge in [0.1, 0.15) is 13.2 Å². The van der Waals surface area contributed by atoms with E-state index in [4.69, 9.17) is 9.26 Å². The standard InChI is InChI=1S/C17H20N4O4/c1-21(9-14(22)18-13-7-8-13)16(23)11-24-10-15-19-17(20-25-15)12-5-3-2-4-6-12/h2-6,13H,7-11H2,1H3,(H,18,22). The van der Waals surface area contributed by atoms with Crippen LogP contribution >= 0.6 is 0 Å². The summed E-state index contributed by atoms with van der Waals surface area (Å²) in [7, 11) is 1.57. The van der Waals surface area contributed by atoms with Crippen molar-refractivity contribution in [2.24, 2.45) is 0 Å². The van der Waals surface area contributed by atoms with Crippen LogP contribution in [0.1, 0.15) is 18.7 Å². The number of carbonyl (C=O) groups is 2. The fourth-order valence-corrected chi connectivity index (χ4v) is 2.16. The van der Waals surface area contributed by atoms with Gasteiger partial charge in [0.2, 0.25) is 17.6 Å². The molecule has 0 spiro atoms. The van der Waals surface area contributed by atoms with Gasteiger partial charge in [-0.15, -0.1) is 0 Å². The van der Waals surface area contributed by atoms with E-state index >= 15 is 0 Å². The maximum Gasteiger partial charge on any atom is 0.252 e. The third-order valence-electron chi connectivity index (χ3n) is 3.70. The fourth-order valence-electron chi connectivity index (χ4n) is 2.16. The molecule has 1 aromatic carbocycles. The van der Waals surface area contributed by atoms with E-state index in [9.17, 15) is 9.59 Å². The quantitative estimate of drug-likeness (QED) is 0.767. The highest BCUT2D eigenvalue weighted by Crippen LogP contribution is 2.18. The van der Waals surface area contributed by atoms with E-state index in [0.29, 0.717) is 11.7 Å². The molecule has 25 heavy (non-hydrogen) atoms. The zero-order valence-corrected chi connectivity index (χ0v) is 14.0. The summed E-state index contributed by atoms with van der Waals surface area (Å²) >= 11 is 0. The number of nitrogens with one attached hydrogen (secondary N) is 1. The van der Waals surface area contributed by atoms with E-state index < -0.39 is 0 Å². The predicted octanol–water partition coefficient (Wildman–Crippen LogP) is 0.990. The molecule has 2 amide bonds. The normalized spacial score (nSPS) is 13.5. The van der Waals surface area contributed by atoms with Gasteiger partial charge in [-0.05, 0) is 12.8 Å². The summed E-state index contributed by atoms with van der Waals surface area (Å²) in [5.74, 6) is 0.330. The van der Waals surface area contributed by atoms with Crippen LogP contribution in [-0.2, 0) is 20.9 Å². The van der Waals surface area contributed by atoms with Crippen LogP contribution in [0.3, 0.4) is 0 Å². The monoisotopic (exact) mass is 344 g/mol. The molecule has 0 aliphatic heterocycles. The van der Waals surface area contributed by atoms with Crippen molar-refractivity contribution in [2.45, 2.75) is 25.5 Å². The fraction of sp³-hybridized carbons (Fsp3) is 0.412. The Labute approximate surface area is 145 Å². The average Bonchev–Trinajstić information content (AvgIpc) is 3.29. The molecule has 0 saturated heterocycles. The second kappa shape index (κ2) is 7.89. The van der Waals surface area contributed by atoms with Gasteiger partial charge in [0, 0.05) is 18.7 Å². The van der Waals surface area contributed by atoms with Crippen LogP contribution in [0.2, 0.25) is 0 Å². The van der Waals surface area contributed by atoms with Gasteiger partial charge in [-0.1, -0.05) is 35.5 Å². The third kappa shape index (κ3) is 5.12. The van der Waals surface area contributed by atoms with Crippen LogP contribution in [-0.4, -0.2) is 53.1 Å². The van der Waals surface area contributed by atoms with Crippen LogP contribution in [0.4, 0.5) is 0 Å². The molecule has 1 heterocycles. The molecule has 0 unspecified atom stereocenters. The first-order valence-electron chi connectivity index (χ1n) is 8.11. The summed E-state index contributed by atoms with van der Waals surface area (Å²) < 4.78 is 10.4. The Balaban J connectivity index is 1.40. The SMILES string of the molecule is CN(CC(=O)NC1CC1)C(=O)COCc1nc(-c2ccccc2)no1. The van der Waals surface area contributed by atoms with Crippen LogP contribution in [0.25, 0.3) is 11.4 Å². The van der Waals surface area contributed by atoms with E-state index in [1.807, 2.05) is 30.3 Å². The van der Waals surface area contributed by atoms with E-state index in [1.54, 1.807) is 7.05 Å². The number of ether oxygens (including phenoxy) is 1. The highest BCUT2D eigenvalue weighted by Gasteiger charge is 2.24. The molecule has 1 fully saturated rings. The number of carbonyl (C=O) groups excluding carboxylic acids is 2. The van der Waals surface area contributed by atoms with Gasteiger partial charge in [0.25, 0.3) is 5.89 Å². The molecule has 1 aromatic heterocycles. The summed E-state index contributed by atoms with van der Waals surface area (Å²) in [6.07, 6.45) is 2.03. The first-order chi connectivity index (χ1) is 12.1. The maximum absolute atomic E-state index is 12.0. The van der Waals surface area contributed by atoms with Crippen LogP contribution in [0.15, 0.2) is 34.9 Å². The zero-order valence-electron chi connectivity index (χ0n) is 14.0. The Morgan fingerprint density at radius 2 is 2.08 bits per heavy atom. The van der Waals surface area contributed by atoms with E-state index in [2.05, 4.69) is 15.5 Å². The summed E-state index contributed by atoms with van der Waals surface area (Å²) in [5, 5.41) is 6.71. The molecule has 132 valence electrons. The molecule has 8 nitrogen and oxygen atoms in total. The largest absolute Gasteiger partial charge is 0.362 e. The van der Waals surface area contributed by atoms with Gasteiger partial charge in [-0.3, -0.25) is 9.59 Å². The van der Waals surface area contributed by atoms with Crippen molar-refractivity contribution in [1.29, 1.82) is 0 Å². The van der Waals surface area contributed by atoms with Crippen molar-refractivity contribution in [1.82, 2.24) is 20.4 Å². The number of benzene rings is 1. The zero-order chi connectivity index (χ0) is 17.6. The van der Waals surface area contributed by atoms with Gasteiger partial charge in [0.05, 0.1) is 6.54 Å². The predicted molar refractivity (Wildman–Crippen MR) is 88.2 cm³/mol. The molecule has 3 rings (SSSR count). The van der Waals surface area contributed by atoms with Crippen LogP contribution in [0.5, 0.6) is 0 Å². The van der Waals surface area contributed by atoms with Gasteiger partial charge in [0.15, 0.2) is 0 Å². The lowest BCUT2D eigenvalue weighted by Gasteiger charge is -2.16. The van der Waals surface area contributed by atoms with Crippen LogP contribution in [0, 0.1) is 0 Å². The summed E-state index contributed by atoms with van der Waals surface area (Å²) in [6.45, 7) is -0.0959. The highest BCUT2D eigenvalue weighted by atomic mass is 16.5. The Morgan fingerprint density at radius 3 is 2.80 bits per heavy atom. The van der Waals surface area contributed by atoms with Crippen molar-refractivity contribution in [3.63, 3.8) is 0 Å². The molecule has 0 atom stereocenters. The first-order valence-corrected chi connectivity index (χ1v) is 8.11. The van der Waals surface area contributed by atoms with Crippen molar-refractivity contribution < 1.29 is 18.8 Å². The minimum Gasteiger partial charge on any atom is -0.362 e. The van der Waals surface area contributed by atoms with Crippen LogP contribution < -0.4 is 5.32 Å². The van der Waals surface area contributed by atoms with E-state index in [-0.39, 0.29) is 37.6 Å². The second-order valence-electron chi connectivity index (χ2n) is 5.96. The van der Waals surface area contributed by atoms with Crippen molar-refractivity contribution in [3.05, 3.63) is 36.2 Å². The number of nitrogens with zero attached hydrogens (tertiary/aromatic N) is 3. The van der Waals surface area contributed by atoms with Crippen molar-refractivity contribution in [3.8, 4) is 11.4 Å². The maximum atomic E-state index is 12.0. The van der Waals surface area contributed by atoms with E-state index in [1.165, 1.54) is 4.90 Å². The molecule has 0 bridgehead atoms. The number of hydrogen-bond donors (Lipinski definition) is 1. The summed E-state index contributed by atoms with van der Waals surface area (Å²) in [4.78, 5) is 29.2. The second-order valence-corrected chi connectivity index (χ2v) is 5.96. The lowest BCUT2D eigenvalue weighted by atomic mass is 10.2. The number of amides is 2. The number of aromatic nitrogens is 2. The Morgan fingerprint density at radius 1 is 1.32 bits per heavy atom. The molecular weight excluding hydrogens is 324 g/mol. The number of hydrogen-bond acceptors (Lipinski definition) is 6. The lowest BCUT2D eigenvalue weighted by molar-refractivity contribution is -0.139. The molecule has 1 aliphatic carbocycles. The third-order valence-corrected chi connectivity index (χ3v) is 3.70. The average molecular weight is 344 g/mol. The number of rotatable bonds is 8. The van der Waals surface area contributed by atoms with Gasteiger partial charge in [-0.2, -0.15) is 4.98 Å². The van der Waals surface area contributed by atoms with Gasteiger partial charge >= 0.3 is 0 Å². The molecule has 2 aromatic rings. The molecule has 1 N–H and O–H groups in total. The van der Waals surface area contributed by atoms with Gasteiger partial charge < -0.3 is 19.5 Å². The molecule has 1 saturated carbocycles. The lowest BCUT2D eigenvalue weighted by Crippen LogP contribution is -2.40. The summed E-state index contributed by atoms with van der Waals surface area (Å²) in [6, 6.07) is 9.71. The molecule has 1 aliphatic rings. The Bertz CT molecular complexity index is 727. The minimum absolute atomic E-state index is 0.0252. The van der Waals surface area contributed by atoms with Crippen molar-refractivity contribution >= 4 is 11.8 Å². The summed E-state index contributed by atoms with van der Waals surface area (Å²) in [5.41, 5.74) is 0.843. The smallest absolute Gasteiger partial charge is 0.252 e. The Kier molecular flexibility index (Phi) is 5.39. The Hall–Kier alpha value is -2.74. The van der Waals surface area contributed by atoms with Crippen molar-refractivity contribution in [2.75, 3.05) is 20.2 Å². The first kappa shape index (κ1) is 17.1.